The van der Waals surface area contributed by atoms with E-state index in [1.165, 1.54) is 0 Å². The third kappa shape index (κ3) is 11.7. The first kappa shape index (κ1) is 40.6. The quantitative estimate of drug-likeness (QED) is 0.126. The average Bonchev–Trinajstić information content (AvgIpc) is 3.01. The van der Waals surface area contributed by atoms with Crippen molar-refractivity contribution >= 4 is 29.6 Å². The van der Waals surface area contributed by atoms with Crippen LogP contribution in [0.3, 0.4) is 0 Å². The lowest BCUT2D eigenvalue weighted by molar-refractivity contribution is -0.143. The Balaban J connectivity index is 3.22. The highest BCUT2D eigenvalue weighted by Gasteiger charge is 2.37. The van der Waals surface area contributed by atoms with Crippen molar-refractivity contribution in [2.24, 2.45) is 23.2 Å². The highest BCUT2D eigenvalue weighted by atomic mass is 16.4. The van der Waals surface area contributed by atoms with Crippen LogP contribution in [0.15, 0.2) is 30.3 Å². The van der Waals surface area contributed by atoms with Gasteiger partial charge in [0.25, 0.3) is 0 Å². The number of nitrogens with one attached hydrogen (secondary N) is 4. The summed E-state index contributed by atoms with van der Waals surface area (Å²) in [5.74, 6) is -4.01. The average molecular weight is 647 g/mol. The number of hydrogen-bond acceptors (Lipinski definition) is 6. The number of carbonyl (C=O) groups excluding carboxylic acids is 4. The third-order valence-electron chi connectivity index (χ3n) is 9.28. The van der Waals surface area contributed by atoms with E-state index in [2.05, 4.69) is 21.3 Å². The Hall–Kier alpha value is -3.47. The molecule has 0 aliphatic heterocycles. The lowest BCUT2D eigenvalue weighted by Crippen LogP contribution is -2.58. The summed E-state index contributed by atoms with van der Waals surface area (Å²) in [6.07, 6.45) is 0.884. The molecule has 1 aromatic rings. The molecular formula is C35H58N4O7. The van der Waals surface area contributed by atoms with Gasteiger partial charge in [0.15, 0.2) is 0 Å². The molecule has 0 heterocycles. The summed E-state index contributed by atoms with van der Waals surface area (Å²) in [4.78, 5) is 65.1. The second kappa shape index (κ2) is 19.3. The Morgan fingerprint density at radius 1 is 0.717 bits per heavy atom. The van der Waals surface area contributed by atoms with Gasteiger partial charge < -0.3 is 31.5 Å². The van der Waals surface area contributed by atoms with Gasteiger partial charge in [-0.05, 0) is 49.0 Å². The zero-order valence-electron chi connectivity index (χ0n) is 29.2. The summed E-state index contributed by atoms with van der Waals surface area (Å²) in [7, 11) is 0. The molecule has 0 saturated heterocycles. The predicted molar refractivity (Wildman–Crippen MR) is 179 cm³/mol. The van der Waals surface area contributed by atoms with Crippen LogP contribution < -0.4 is 21.3 Å². The maximum atomic E-state index is 13.7. The van der Waals surface area contributed by atoms with Gasteiger partial charge in [-0.15, -0.1) is 0 Å². The van der Waals surface area contributed by atoms with E-state index in [0.29, 0.717) is 25.7 Å². The van der Waals surface area contributed by atoms with Crippen molar-refractivity contribution in [2.75, 3.05) is 0 Å². The molecule has 6 N–H and O–H groups in total. The lowest BCUT2D eigenvalue weighted by Gasteiger charge is -2.33. The minimum Gasteiger partial charge on any atom is -0.480 e. The van der Waals surface area contributed by atoms with Crippen LogP contribution >= 0.6 is 0 Å². The molecule has 2 unspecified atom stereocenters. The van der Waals surface area contributed by atoms with Crippen molar-refractivity contribution in [3.63, 3.8) is 0 Å². The Labute approximate surface area is 275 Å². The van der Waals surface area contributed by atoms with Gasteiger partial charge in [0.05, 0.1) is 18.6 Å². The second-order valence-electron chi connectivity index (χ2n) is 13.1. The molecule has 11 heteroatoms. The maximum absolute atomic E-state index is 13.7. The van der Waals surface area contributed by atoms with Gasteiger partial charge in [0, 0.05) is 5.41 Å². The van der Waals surface area contributed by atoms with Crippen LogP contribution in [-0.4, -0.2) is 70.1 Å². The smallest absolute Gasteiger partial charge is 0.326 e. The summed E-state index contributed by atoms with van der Waals surface area (Å²) < 4.78 is 0. The van der Waals surface area contributed by atoms with E-state index in [1.54, 1.807) is 20.8 Å². The summed E-state index contributed by atoms with van der Waals surface area (Å²) in [5.41, 5.74) is 0.233. The molecule has 46 heavy (non-hydrogen) atoms. The first-order chi connectivity index (χ1) is 21.6. The Kier molecular flexibility index (Phi) is 17.0. The molecule has 1 aromatic carbocycles. The first-order valence-corrected chi connectivity index (χ1v) is 16.7. The van der Waals surface area contributed by atoms with Gasteiger partial charge in [-0.25, -0.2) is 4.79 Å². The zero-order valence-corrected chi connectivity index (χ0v) is 29.2. The first-order valence-electron chi connectivity index (χ1n) is 16.7. The second-order valence-corrected chi connectivity index (χ2v) is 13.1. The number of aliphatic hydroxyl groups excluding tert-OH is 1. The summed E-state index contributed by atoms with van der Waals surface area (Å²) in [6.45, 7) is 16.5. The molecule has 260 valence electrons. The van der Waals surface area contributed by atoms with Crippen LogP contribution in [0.2, 0.25) is 0 Å². The third-order valence-corrected chi connectivity index (χ3v) is 9.28. The summed E-state index contributed by atoms with van der Waals surface area (Å²) in [6, 6.07) is 5.31. The number of carboxylic acids is 1. The normalized spacial score (nSPS) is 15.7. The molecule has 4 amide bonds. The molecular weight excluding hydrogens is 588 g/mol. The van der Waals surface area contributed by atoms with Crippen molar-refractivity contribution in [1.82, 2.24) is 21.3 Å². The number of rotatable bonds is 20. The summed E-state index contributed by atoms with van der Waals surface area (Å²) >= 11 is 0. The molecule has 0 spiro atoms. The SMILES string of the molecule is CC[C@H](C)[C@H](NC(=O)CC(O)C(Cc1ccccc1)NC(=O)[C@@H](NC(=O)C(CC)(CC)CC)C(C)C)C(=O)N[C@H](C(=O)O)C(C)C. The minimum absolute atomic E-state index is 0.189. The molecule has 0 bridgehead atoms. The molecule has 1 rings (SSSR count). The van der Waals surface area contributed by atoms with E-state index in [4.69, 9.17) is 0 Å². The topological polar surface area (TPSA) is 174 Å². The number of amides is 4. The molecule has 0 aromatic heterocycles. The monoisotopic (exact) mass is 646 g/mol. The van der Waals surface area contributed by atoms with E-state index >= 15 is 0 Å². The van der Waals surface area contributed by atoms with E-state index in [9.17, 15) is 34.2 Å². The highest BCUT2D eigenvalue weighted by molar-refractivity contribution is 5.91. The van der Waals surface area contributed by atoms with E-state index in [-0.39, 0.29) is 30.1 Å². The standard InChI is InChI=1S/C35H58N4O7/c1-10-23(9)30(32(43)38-29(22(7)8)33(44)45)37-27(41)20-26(40)25(19-24-17-15-14-16-18-24)36-31(42)28(21(5)6)39-34(46)35(11-2,12-3)13-4/h14-18,21-23,25-26,28-30,40H,10-13,19-20H2,1-9H3,(H,36,42)(H,37,41)(H,38,43)(H,39,46)(H,44,45)/t23-,25?,26?,28-,29-,30-/m0/s1. The van der Waals surface area contributed by atoms with Crippen molar-refractivity contribution < 1.29 is 34.2 Å². The van der Waals surface area contributed by atoms with Gasteiger partial charge in [-0.2, -0.15) is 0 Å². The number of aliphatic carboxylic acids is 1. The van der Waals surface area contributed by atoms with Crippen LogP contribution in [-0.2, 0) is 30.4 Å². The number of benzene rings is 1. The van der Waals surface area contributed by atoms with Crippen LogP contribution in [0.1, 0.15) is 100.0 Å². The van der Waals surface area contributed by atoms with E-state index in [1.807, 2.05) is 71.9 Å². The van der Waals surface area contributed by atoms with Gasteiger partial charge >= 0.3 is 5.97 Å². The zero-order chi connectivity index (χ0) is 35.2. The van der Waals surface area contributed by atoms with Crippen LogP contribution in [0.4, 0.5) is 0 Å². The number of carbonyl (C=O) groups is 5. The fourth-order valence-electron chi connectivity index (χ4n) is 5.51. The maximum Gasteiger partial charge on any atom is 0.326 e. The Bertz CT molecular complexity index is 1130. The molecule has 0 aliphatic carbocycles. The molecule has 6 atom stereocenters. The van der Waals surface area contributed by atoms with Gasteiger partial charge in [-0.3, -0.25) is 19.2 Å². The predicted octanol–water partition coefficient (Wildman–Crippen LogP) is 3.58. The number of hydrogen-bond donors (Lipinski definition) is 6. The largest absolute Gasteiger partial charge is 0.480 e. The highest BCUT2D eigenvalue weighted by Crippen LogP contribution is 2.31. The van der Waals surface area contributed by atoms with Gasteiger partial charge in [0.2, 0.25) is 23.6 Å². The van der Waals surface area contributed by atoms with Crippen LogP contribution in [0, 0.1) is 23.2 Å². The molecule has 0 saturated carbocycles. The van der Waals surface area contributed by atoms with E-state index in [0.717, 1.165) is 5.56 Å². The summed E-state index contributed by atoms with van der Waals surface area (Å²) in [5, 5.41) is 31.9. The van der Waals surface area contributed by atoms with Crippen molar-refractivity contribution in [3.8, 4) is 0 Å². The molecule has 0 fully saturated rings. The fraction of sp³-hybridized carbons (Fsp3) is 0.686. The van der Waals surface area contributed by atoms with Gasteiger partial charge in [0.1, 0.15) is 18.1 Å². The Morgan fingerprint density at radius 2 is 1.24 bits per heavy atom. The van der Waals surface area contributed by atoms with Crippen LogP contribution in [0.25, 0.3) is 0 Å². The van der Waals surface area contributed by atoms with Crippen molar-refractivity contribution in [3.05, 3.63) is 35.9 Å². The van der Waals surface area contributed by atoms with Crippen LogP contribution in [0.5, 0.6) is 0 Å². The van der Waals surface area contributed by atoms with Crippen molar-refractivity contribution in [1.29, 1.82) is 0 Å². The molecule has 0 radical (unpaired) electrons. The number of carboxylic acid groups (broad SMARTS) is 1. The number of aliphatic hydroxyl groups is 1. The lowest BCUT2D eigenvalue weighted by atomic mass is 9.78. The molecule has 11 nitrogen and oxygen atoms in total. The van der Waals surface area contributed by atoms with Gasteiger partial charge in [-0.1, -0.05) is 99.1 Å². The van der Waals surface area contributed by atoms with Crippen molar-refractivity contribution in [2.45, 2.75) is 131 Å². The Morgan fingerprint density at radius 3 is 1.70 bits per heavy atom. The molecule has 0 aliphatic rings. The van der Waals surface area contributed by atoms with E-state index < -0.39 is 65.8 Å². The minimum atomic E-state index is -1.34. The fourth-order valence-corrected chi connectivity index (χ4v) is 5.51.